The van der Waals surface area contributed by atoms with Crippen LogP contribution in [-0.4, -0.2) is 27.6 Å². The molecular weight excluding hydrogens is 212 g/mol. The molecule has 1 amide bonds. The molecule has 3 N–H and O–H groups in total. The Morgan fingerprint density at radius 2 is 2.33 bits per heavy atom. The summed E-state index contributed by atoms with van der Waals surface area (Å²) in [4.78, 5) is 11.9. The molecular formula is C9H12N4OS. The van der Waals surface area contributed by atoms with Gasteiger partial charge in [0.25, 0.3) is 5.91 Å². The van der Waals surface area contributed by atoms with E-state index in [-0.39, 0.29) is 5.91 Å². The third kappa shape index (κ3) is 4.46. The van der Waals surface area contributed by atoms with Crippen LogP contribution < -0.4 is 11.1 Å². The van der Waals surface area contributed by atoms with E-state index in [0.29, 0.717) is 23.5 Å². The minimum atomic E-state index is -0.159. The molecule has 0 bridgehead atoms. The second-order valence-electron chi connectivity index (χ2n) is 2.96. The molecule has 6 heteroatoms. The van der Waals surface area contributed by atoms with Crippen molar-refractivity contribution in [1.82, 2.24) is 15.5 Å². The zero-order valence-corrected chi connectivity index (χ0v) is 8.96. The Hall–Kier alpha value is -1.56. The highest BCUT2D eigenvalue weighted by Crippen LogP contribution is 1.94. The van der Waals surface area contributed by atoms with Crippen molar-refractivity contribution in [2.75, 3.05) is 6.54 Å². The van der Waals surface area contributed by atoms with Gasteiger partial charge in [-0.25, -0.2) is 0 Å². The number of nitrogens with zero attached hydrogens (tertiary/aromatic N) is 2. The molecule has 0 aliphatic rings. The average molecular weight is 224 g/mol. The molecule has 0 aliphatic carbocycles. The van der Waals surface area contributed by atoms with Crippen molar-refractivity contribution in [1.29, 1.82) is 0 Å². The summed E-state index contributed by atoms with van der Waals surface area (Å²) < 4.78 is 0. The van der Waals surface area contributed by atoms with Crippen molar-refractivity contribution in [3.05, 3.63) is 24.0 Å². The highest BCUT2D eigenvalue weighted by Gasteiger charge is 2.03. The molecule has 0 fully saturated rings. The second kappa shape index (κ2) is 6.02. The molecule has 80 valence electrons. The van der Waals surface area contributed by atoms with Crippen LogP contribution in [0, 0.1) is 0 Å². The van der Waals surface area contributed by atoms with Crippen molar-refractivity contribution in [2.45, 2.75) is 12.8 Å². The van der Waals surface area contributed by atoms with Crippen molar-refractivity contribution in [2.24, 2.45) is 5.73 Å². The average Bonchev–Trinajstić information content (AvgIpc) is 2.25. The Bertz CT molecular complexity index is 341. The number of carbonyl (C=O) groups is 1. The summed E-state index contributed by atoms with van der Waals surface area (Å²) >= 11 is 4.71. The lowest BCUT2D eigenvalue weighted by atomic mass is 10.2. The summed E-state index contributed by atoms with van der Waals surface area (Å²) in [5.74, 6) is -0.159. The quantitative estimate of drug-likeness (QED) is 0.554. The van der Waals surface area contributed by atoms with E-state index in [2.05, 4.69) is 15.5 Å². The summed E-state index contributed by atoms with van der Waals surface area (Å²) in [7, 11) is 0. The van der Waals surface area contributed by atoms with Crippen molar-refractivity contribution < 1.29 is 4.79 Å². The standard InChI is InChI=1S/C9H12N4OS/c10-8(15)2-1-4-11-9(14)7-3-5-12-13-6-7/h3,5-6H,1-2,4H2,(H2,10,15)(H,11,14). The Kier molecular flexibility index (Phi) is 4.62. The number of hydrogen-bond acceptors (Lipinski definition) is 4. The van der Waals surface area contributed by atoms with Crippen LogP contribution in [0.4, 0.5) is 0 Å². The predicted octanol–water partition coefficient (Wildman–Crippen LogP) is 0.273. The molecule has 0 radical (unpaired) electrons. The van der Waals surface area contributed by atoms with E-state index in [0.717, 1.165) is 6.42 Å². The smallest absolute Gasteiger partial charge is 0.252 e. The Morgan fingerprint density at radius 3 is 2.93 bits per heavy atom. The Morgan fingerprint density at radius 1 is 1.53 bits per heavy atom. The highest BCUT2D eigenvalue weighted by atomic mass is 32.1. The number of aromatic nitrogens is 2. The van der Waals surface area contributed by atoms with Gasteiger partial charge in [-0.2, -0.15) is 10.2 Å². The summed E-state index contributed by atoms with van der Waals surface area (Å²) in [6, 6.07) is 1.61. The van der Waals surface area contributed by atoms with Gasteiger partial charge < -0.3 is 11.1 Å². The number of carbonyl (C=O) groups excluding carboxylic acids is 1. The van der Waals surface area contributed by atoms with Crippen LogP contribution in [0.5, 0.6) is 0 Å². The van der Waals surface area contributed by atoms with E-state index < -0.39 is 0 Å². The molecule has 15 heavy (non-hydrogen) atoms. The maximum Gasteiger partial charge on any atom is 0.252 e. The number of hydrogen-bond donors (Lipinski definition) is 2. The van der Waals surface area contributed by atoms with Crippen LogP contribution in [0.3, 0.4) is 0 Å². The van der Waals surface area contributed by atoms with E-state index in [1.54, 1.807) is 6.07 Å². The summed E-state index contributed by atoms with van der Waals surface area (Å²) in [6.07, 6.45) is 4.29. The first-order valence-corrected chi connectivity index (χ1v) is 4.94. The fraction of sp³-hybridized carbons (Fsp3) is 0.333. The fourth-order valence-electron chi connectivity index (χ4n) is 0.992. The zero-order chi connectivity index (χ0) is 11.1. The van der Waals surface area contributed by atoms with Crippen LogP contribution in [0.2, 0.25) is 0 Å². The van der Waals surface area contributed by atoms with E-state index >= 15 is 0 Å². The number of thiocarbonyl (C=S) groups is 1. The first kappa shape index (κ1) is 11.5. The third-order valence-corrected chi connectivity index (χ3v) is 1.94. The van der Waals surface area contributed by atoms with Crippen LogP contribution in [0.15, 0.2) is 18.5 Å². The van der Waals surface area contributed by atoms with Gasteiger partial charge in [0.15, 0.2) is 0 Å². The van der Waals surface area contributed by atoms with Gasteiger partial charge in [-0.15, -0.1) is 0 Å². The largest absolute Gasteiger partial charge is 0.393 e. The molecule has 1 heterocycles. The maximum absolute atomic E-state index is 11.4. The molecule has 0 spiro atoms. The minimum Gasteiger partial charge on any atom is -0.393 e. The van der Waals surface area contributed by atoms with Gasteiger partial charge in [0.1, 0.15) is 0 Å². The topological polar surface area (TPSA) is 80.9 Å². The molecule has 0 aromatic carbocycles. The SMILES string of the molecule is NC(=S)CCCNC(=O)c1ccnnc1. The van der Waals surface area contributed by atoms with E-state index in [9.17, 15) is 4.79 Å². The van der Waals surface area contributed by atoms with Crippen LogP contribution in [0.25, 0.3) is 0 Å². The van der Waals surface area contributed by atoms with Crippen molar-refractivity contribution in [3.8, 4) is 0 Å². The number of nitrogens with one attached hydrogen (secondary N) is 1. The number of nitrogens with two attached hydrogens (primary N) is 1. The van der Waals surface area contributed by atoms with Gasteiger partial charge >= 0.3 is 0 Å². The Labute approximate surface area is 93.1 Å². The number of rotatable bonds is 5. The van der Waals surface area contributed by atoms with Gasteiger partial charge in [-0.05, 0) is 18.9 Å². The summed E-state index contributed by atoms with van der Waals surface area (Å²) in [5, 5.41) is 9.93. The maximum atomic E-state index is 11.4. The van der Waals surface area contributed by atoms with Gasteiger partial charge in [0, 0.05) is 6.54 Å². The minimum absolute atomic E-state index is 0.159. The van der Waals surface area contributed by atoms with Crippen LogP contribution >= 0.6 is 12.2 Å². The first-order valence-electron chi connectivity index (χ1n) is 4.53. The molecule has 1 aromatic heterocycles. The molecule has 0 saturated carbocycles. The first-order chi connectivity index (χ1) is 7.20. The predicted molar refractivity (Wildman–Crippen MR) is 60.4 cm³/mol. The zero-order valence-electron chi connectivity index (χ0n) is 8.14. The van der Waals surface area contributed by atoms with Crippen LogP contribution in [-0.2, 0) is 0 Å². The second-order valence-corrected chi connectivity index (χ2v) is 3.48. The van der Waals surface area contributed by atoms with Crippen LogP contribution in [0.1, 0.15) is 23.2 Å². The lowest BCUT2D eigenvalue weighted by Crippen LogP contribution is -2.25. The lowest BCUT2D eigenvalue weighted by molar-refractivity contribution is 0.0953. The van der Waals surface area contributed by atoms with Crippen molar-refractivity contribution >= 4 is 23.1 Å². The molecule has 0 atom stereocenters. The highest BCUT2D eigenvalue weighted by molar-refractivity contribution is 7.80. The van der Waals surface area contributed by atoms with Gasteiger partial charge in [0.05, 0.1) is 22.9 Å². The molecule has 0 aliphatic heterocycles. The number of amides is 1. The van der Waals surface area contributed by atoms with E-state index in [1.165, 1.54) is 12.4 Å². The summed E-state index contributed by atoms with van der Waals surface area (Å²) in [5.41, 5.74) is 5.82. The molecule has 0 unspecified atom stereocenters. The third-order valence-electron chi connectivity index (χ3n) is 1.73. The lowest BCUT2D eigenvalue weighted by Gasteiger charge is -2.03. The Balaban J connectivity index is 2.28. The molecule has 1 aromatic rings. The monoisotopic (exact) mass is 224 g/mol. The van der Waals surface area contributed by atoms with Crippen molar-refractivity contribution in [3.63, 3.8) is 0 Å². The van der Waals surface area contributed by atoms with E-state index in [4.69, 9.17) is 18.0 Å². The summed E-state index contributed by atoms with van der Waals surface area (Å²) in [6.45, 7) is 0.554. The fourth-order valence-corrected chi connectivity index (χ4v) is 1.14. The molecule has 1 rings (SSSR count). The molecule has 5 nitrogen and oxygen atoms in total. The van der Waals surface area contributed by atoms with Gasteiger partial charge in [-0.3, -0.25) is 4.79 Å². The van der Waals surface area contributed by atoms with Gasteiger partial charge in [-0.1, -0.05) is 12.2 Å². The normalized spacial score (nSPS) is 9.60. The van der Waals surface area contributed by atoms with Gasteiger partial charge in [0.2, 0.25) is 0 Å². The van der Waals surface area contributed by atoms with E-state index in [1.807, 2.05) is 0 Å². The molecule has 0 saturated heterocycles.